The van der Waals surface area contributed by atoms with Gasteiger partial charge in [-0.2, -0.15) is 0 Å². The van der Waals surface area contributed by atoms with E-state index in [2.05, 4.69) is 5.32 Å². The van der Waals surface area contributed by atoms with Crippen molar-refractivity contribution < 1.29 is 9.90 Å². The molecule has 1 unspecified atom stereocenters. The fourth-order valence-electron chi connectivity index (χ4n) is 0.979. The van der Waals surface area contributed by atoms with Gasteiger partial charge < -0.3 is 16.2 Å². The molecule has 1 aliphatic rings. The smallest absolute Gasteiger partial charge is 0.320 e. The lowest BCUT2D eigenvalue weighted by atomic mass is 10.2. The van der Waals surface area contributed by atoms with E-state index >= 15 is 0 Å². The van der Waals surface area contributed by atoms with Crippen molar-refractivity contribution in [2.24, 2.45) is 5.73 Å². The highest BCUT2D eigenvalue weighted by atomic mass is 16.4. The van der Waals surface area contributed by atoms with Crippen molar-refractivity contribution in [1.82, 2.24) is 5.32 Å². The normalized spacial score (nSPS) is 19.7. The summed E-state index contributed by atoms with van der Waals surface area (Å²) < 4.78 is 0. The zero-order valence-corrected chi connectivity index (χ0v) is 6.42. The van der Waals surface area contributed by atoms with E-state index in [0.717, 1.165) is 12.8 Å². The maximum Gasteiger partial charge on any atom is 0.320 e. The molecule has 0 heterocycles. The maximum atomic E-state index is 10.5. The highest BCUT2D eigenvalue weighted by molar-refractivity contribution is 5.73. The van der Waals surface area contributed by atoms with E-state index in [4.69, 9.17) is 10.8 Å². The summed E-state index contributed by atoms with van der Waals surface area (Å²) in [5, 5.41) is 11.7. The van der Waals surface area contributed by atoms with Gasteiger partial charge in [0.2, 0.25) is 0 Å². The Bertz CT molecular complexity index is 145. The average Bonchev–Trinajstić information content (AvgIpc) is 2.70. The summed E-state index contributed by atoms with van der Waals surface area (Å²) in [6.07, 6.45) is 2.73. The second-order valence-corrected chi connectivity index (χ2v) is 2.91. The lowest BCUT2D eigenvalue weighted by Crippen LogP contribution is -2.39. The molecule has 0 bridgehead atoms. The second kappa shape index (κ2) is 3.69. The monoisotopic (exact) mass is 158 g/mol. The number of carboxylic acid groups (broad SMARTS) is 1. The minimum absolute atomic E-state index is 0.427. The topological polar surface area (TPSA) is 75.3 Å². The third-order valence-corrected chi connectivity index (χ3v) is 1.77. The Kier molecular flexibility index (Phi) is 2.84. The molecule has 0 spiro atoms. The van der Waals surface area contributed by atoms with Gasteiger partial charge in [-0.05, 0) is 25.8 Å². The Morgan fingerprint density at radius 1 is 1.73 bits per heavy atom. The number of rotatable bonds is 5. The minimum atomic E-state index is -0.789. The van der Waals surface area contributed by atoms with Crippen LogP contribution >= 0.6 is 0 Å². The number of aliphatic carboxylic acids is 1. The Labute approximate surface area is 65.8 Å². The zero-order chi connectivity index (χ0) is 8.27. The predicted octanol–water partition coefficient (Wildman–Crippen LogP) is -0.460. The molecule has 4 N–H and O–H groups in total. The number of nitrogens with one attached hydrogen (secondary N) is 1. The van der Waals surface area contributed by atoms with Crippen LogP contribution in [0.3, 0.4) is 0 Å². The molecule has 0 aromatic heterocycles. The van der Waals surface area contributed by atoms with Crippen molar-refractivity contribution in [1.29, 1.82) is 0 Å². The van der Waals surface area contributed by atoms with E-state index in [1.807, 2.05) is 0 Å². The summed E-state index contributed by atoms with van der Waals surface area (Å²) in [6.45, 7) is 0.427. The Balaban J connectivity index is 2.24. The van der Waals surface area contributed by atoms with E-state index in [1.54, 1.807) is 0 Å². The zero-order valence-electron chi connectivity index (χ0n) is 6.42. The molecular formula is C7H14N2O2. The molecule has 4 nitrogen and oxygen atoms in total. The largest absolute Gasteiger partial charge is 0.480 e. The first kappa shape index (κ1) is 8.49. The SMILES string of the molecule is NCCC(NC1CC1)C(=O)O. The van der Waals surface area contributed by atoms with Gasteiger partial charge in [0.05, 0.1) is 0 Å². The molecule has 4 heteroatoms. The van der Waals surface area contributed by atoms with Crippen molar-refractivity contribution in [2.45, 2.75) is 31.3 Å². The fraction of sp³-hybridized carbons (Fsp3) is 0.857. The predicted molar refractivity (Wildman–Crippen MR) is 41.3 cm³/mol. The number of hydrogen-bond acceptors (Lipinski definition) is 3. The van der Waals surface area contributed by atoms with Gasteiger partial charge in [-0.15, -0.1) is 0 Å². The van der Waals surface area contributed by atoms with Gasteiger partial charge in [0.15, 0.2) is 0 Å². The van der Waals surface area contributed by atoms with E-state index in [1.165, 1.54) is 0 Å². The Morgan fingerprint density at radius 3 is 2.73 bits per heavy atom. The fourth-order valence-corrected chi connectivity index (χ4v) is 0.979. The summed E-state index contributed by atoms with van der Waals surface area (Å²) in [6, 6.07) is -0.00449. The first-order valence-corrected chi connectivity index (χ1v) is 3.93. The number of carbonyl (C=O) groups is 1. The van der Waals surface area contributed by atoms with Gasteiger partial charge in [-0.25, -0.2) is 0 Å². The van der Waals surface area contributed by atoms with Gasteiger partial charge in [0.25, 0.3) is 0 Å². The molecule has 1 fully saturated rings. The highest BCUT2D eigenvalue weighted by Gasteiger charge is 2.27. The molecule has 64 valence electrons. The molecule has 0 saturated heterocycles. The Morgan fingerprint density at radius 2 is 2.36 bits per heavy atom. The van der Waals surface area contributed by atoms with Crippen LogP contribution in [0.1, 0.15) is 19.3 Å². The summed E-state index contributed by atoms with van der Waals surface area (Å²) in [5.41, 5.74) is 5.26. The van der Waals surface area contributed by atoms with E-state index in [0.29, 0.717) is 19.0 Å². The van der Waals surface area contributed by atoms with Crippen LogP contribution in [0.2, 0.25) is 0 Å². The molecule has 0 aliphatic heterocycles. The lowest BCUT2D eigenvalue weighted by molar-refractivity contribution is -0.139. The third kappa shape index (κ3) is 2.86. The molecule has 0 amide bonds. The highest BCUT2D eigenvalue weighted by Crippen LogP contribution is 2.19. The van der Waals surface area contributed by atoms with Crippen LogP contribution in [-0.4, -0.2) is 29.7 Å². The van der Waals surface area contributed by atoms with Crippen molar-refractivity contribution in [2.75, 3.05) is 6.54 Å². The van der Waals surface area contributed by atoms with Gasteiger partial charge in [0.1, 0.15) is 6.04 Å². The second-order valence-electron chi connectivity index (χ2n) is 2.91. The van der Waals surface area contributed by atoms with Crippen molar-refractivity contribution >= 4 is 5.97 Å². The quantitative estimate of drug-likeness (QED) is 0.506. The number of hydrogen-bond donors (Lipinski definition) is 3. The van der Waals surface area contributed by atoms with Gasteiger partial charge in [-0.1, -0.05) is 0 Å². The van der Waals surface area contributed by atoms with Crippen LogP contribution in [-0.2, 0) is 4.79 Å². The molecule has 0 radical (unpaired) electrons. The minimum Gasteiger partial charge on any atom is -0.480 e. The van der Waals surface area contributed by atoms with Crippen LogP contribution in [0.15, 0.2) is 0 Å². The van der Waals surface area contributed by atoms with Crippen LogP contribution in [0.5, 0.6) is 0 Å². The van der Waals surface area contributed by atoms with Crippen molar-refractivity contribution in [3.8, 4) is 0 Å². The van der Waals surface area contributed by atoms with Crippen molar-refractivity contribution in [3.05, 3.63) is 0 Å². The average molecular weight is 158 g/mol. The van der Waals surface area contributed by atoms with Crippen molar-refractivity contribution in [3.63, 3.8) is 0 Å². The summed E-state index contributed by atoms with van der Waals surface area (Å²) in [5.74, 6) is -0.789. The molecule has 1 saturated carbocycles. The van der Waals surface area contributed by atoms with E-state index in [-0.39, 0.29) is 0 Å². The molecule has 1 aliphatic carbocycles. The molecule has 1 rings (SSSR count). The van der Waals surface area contributed by atoms with E-state index in [9.17, 15) is 4.79 Å². The van der Waals surface area contributed by atoms with E-state index < -0.39 is 12.0 Å². The maximum absolute atomic E-state index is 10.5. The summed E-state index contributed by atoms with van der Waals surface area (Å²) in [4.78, 5) is 10.5. The number of nitrogens with two attached hydrogens (primary N) is 1. The first-order valence-electron chi connectivity index (χ1n) is 3.93. The van der Waals surface area contributed by atoms with Gasteiger partial charge in [0, 0.05) is 6.04 Å². The molecule has 0 aromatic carbocycles. The number of carboxylic acids is 1. The molecular weight excluding hydrogens is 144 g/mol. The molecule has 1 atom stereocenters. The lowest BCUT2D eigenvalue weighted by Gasteiger charge is -2.11. The summed E-state index contributed by atoms with van der Waals surface area (Å²) >= 11 is 0. The van der Waals surface area contributed by atoms with Crippen LogP contribution in [0.4, 0.5) is 0 Å². The standard InChI is InChI=1S/C7H14N2O2/c8-4-3-6(7(10)11)9-5-1-2-5/h5-6,9H,1-4,8H2,(H,10,11). The van der Waals surface area contributed by atoms with Gasteiger partial charge in [-0.3, -0.25) is 4.79 Å². The van der Waals surface area contributed by atoms with Crippen LogP contribution in [0.25, 0.3) is 0 Å². The van der Waals surface area contributed by atoms with Gasteiger partial charge >= 0.3 is 5.97 Å². The Hall–Kier alpha value is -0.610. The third-order valence-electron chi connectivity index (χ3n) is 1.77. The van der Waals surface area contributed by atoms with Crippen LogP contribution < -0.4 is 11.1 Å². The molecule has 0 aromatic rings. The summed E-state index contributed by atoms with van der Waals surface area (Å²) in [7, 11) is 0. The van der Waals surface area contributed by atoms with Crippen LogP contribution in [0, 0.1) is 0 Å². The first-order chi connectivity index (χ1) is 5.24. The molecule has 11 heavy (non-hydrogen) atoms.